The third-order valence-corrected chi connectivity index (χ3v) is 6.32. The highest BCUT2D eigenvalue weighted by Crippen LogP contribution is 2.41. The zero-order valence-corrected chi connectivity index (χ0v) is 17.3. The molecule has 0 unspecified atom stereocenters. The second-order valence-corrected chi connectivity index (χ2v) is 8.19. The molecule has 0 fully saturated rings. The molecular weight excluding hydrogens is 426 g/mol. The lowest BCUT2D eigenvalue weighted by Crippen LogP contribution is -2.00. The summed E-state index contributed by atoms with van der Waals surface area (Å²) >= 11 is 1.33. The molecule has 0 aliphatic rings. The predicted octanol–water partition coefficient (Wildman–Crippen LogP) is 5.86. The summed E-state index contributed by atoms with van der Waals surface area (Å²) in [5.74, 6) is -1.39. The Morgan fingerprint density at radius 3 is 2.34 bits per heavy atom. The fraction of sp³-hybridized carbons (Fsp3) is 0. The summed E-state index contributed by atoms with van der Waals surface area (Å²) in [6, 6.07) is 21.3. The summed E-state index contributed by atoms with van der Waals surface area (Å²) in [4.78, 5) is 25.2. The number of fused-ring (bicyclic) bond motifs is 1. The average molecular weight is 441 g/mol. The Labute approximate surface area is 186 Å². The largest absolute Gasteiger partial charge is 0.508 e. The Morgan fingerprint density at radius 1 is 0.906 bits per heavy atom. The van der Waals surface area contributed by atoms with E-state index in [0.717, 1.165) is 21.2 Å². The zero-order chi connectivity index (χ0) is 22.2. The highest BCUT2D eigenvalue weighted by molar-refractivity contribution is 7.21. The molecule has 0 atom stereocenters. The Morgan fingerprint density at radius 2 is 1.62 bits per heavy atom. The van der Waals surface area contributed by atoms with Crippen molar-refractivity contribution in [3.8, 4) is 28.0 Å². The summed E-state index contributed by atoms with van der Waals surface area (Å²) in [6.07, 6.45) is 1.37. The number of ketones is 1. The SMILES string of the molecule is O=C(O)c1oncc1-c1ccc(-c2c(C(=O)c3ccccc3)sc3cc(O)ccc23)cc1. The van der Waals surface area contributed by atoms with Crippen molar-refractivity contribution in [2.45, 2.75) is 0 Å². The van der Waals surface area contributed by atoms with Gasteiger partial charge in [-0.3, -0.25) is 4.79 Å². The van der Waals surface area contributed by atoms with Gasteiger partial charge in [0, 0.05) is 21.2 Å². The van der Waals surface area contributed by atoms with E-state index in [-0.39, 0.29) is 17.3 Å². The van der Waals surface area contributed by atoms with Gasteiger partial charge in [0.1, 0.15) is 5.75 Å². The van der Waals surface area contributed by atoms with E-state index in [0.29, 0.717) is 21.6 Å². The number of hydrogen-bond donors (Lipinski definition) is 2. The molecule has 6 nitrogen and oxygen atoms in total. The molecule has 0 aliphatic carbocycles. The summed E-state index contributed by atoms with van der Waals surface area (Å²) < 4.78 is 5.64. The summed E-state index contributed by atoms with van der Waals surface area (Å²) in [6.45, 7) is 0. The normalized spacial score (nSPS) is 11.0. The second-order valence-electron chi connectivity index (χ2n) is 7.13. The van der Waals surface area contributed by atoms with E-state index in [4.69, 9.17) is 4.52 Å². The van der Waals surface area contributed by atoms with Crippen molar-refractivity contribution < 1.29 is 24.3 Å². The van der Waals surface area contributed by atoms with Crippen LogP contribution >= 0.6 is 11.3 Å². The molecule has 2 heterocycles. The molecular formula is C25H15NO5S. The smallest absolute Gasteiger partial charge is 0.375 e. The van der Waals surface area contributed by atoms with Crippen LogP contribution in [0.3, 0.4) is 0 Å². The van der Waals surface area contributed by atoms with Crippen molar-refractivity contribution >= 4 is 33.2 Å². The van der Waals surface area contributed by atoms with Crippen LogP contribution in [-0.2, 0) is 0 Å². The van der Waals surface area contributed by atoms with Crippen molar-refractivity contribution in [3.05, 3.63) is 95.2 Å². The number of rotatable bonds is 5. The Hall–Kier alpha value is -4.23. The molecule has 3 aromatic carbocycles. The fourth-order valence-electron chi connectivity index (χ4n) is 3.67. The topological polar surface area (TPSA) is 101 Å². The van der Waals surface area contributed by atoms with Gasteiger partial charge in [-0.2, -0.15) is 0 Å². The monoisotopic (exact) mass is 441 g/mol. The minimum Gasteiger partial charge on any atom is -0.508 e. The van der Waals surface area contributed by atoms with Gasteiger partial charge in [0.05, 0.1) is 16.6 Å². The first-order valence-corrected chi connectivity index (χ1v) is 10.5. The van der Waals surface area contributed by atoms with Crippen LogP contribution in [0.1, 0.15) is 25.8 Å². The molecule has 2 N–H and O–H groups in total. The number of carbonyl (C=O) groups excluding carboxylic acids is 1. The number of aromatic carboxylic acids is 1. The number of aromatic nitrogens is 1. The first kappa shape index (κ1) is 19.7. The molecule has 0 amide bonds. The quantitative estimate of drug-likeness (QED) is 0.331. The molecule has 156 valence electrons. The molecule has 7 heteroatoms. The standard InChI is InChI=1S/C25H15NO5S/c27-17-10-11-18-20(12-17)32-24(22(28)16-4-2-1-3-5-16)21(18)15-8-6-14(7-9-15)19-13-26-31-23(19)25(29)30/h1-13,27H,(H,29,30). The summed E-state index contributed by atoms with van der Waals surface area (Å²) in [5, 5.41) is 23.7. The first-order chi connectivity index (χ1) is 15.5. The van der Waals surface area contributed by atoms with Crippen LogP contribution in [-0.4, -0.2) is 27.1 Å². The molecule has 0 spiro atoms. The van der Waals surface area contributed by atoms with Gasteiger partial charge in [-0.1, -0.05) is 59.8 Å². The van der Waals surface area contributed by atoms with Crippen LogP contribution in [0, 0.1) is 0 Å². The van der Waals surface area contributed by atoms with Crippen molar-refractivity contribution in [1.82, 2.24) is 5.16 Å². The van der Waals surface area contributed by atoms with Gasteiger partial charge < -0.3 is 14.7 Å². The third-order valence-electron chi connectivity index (χ3n) is 5.17. The van der Waals surface area contributed by atoms with E-state index >= 15 is 0 Å². The predicted molar refractivity (Wildman–Crippen MR) is 121 cm³/mol. The molecule has 32 heavy (non-hydrogen) atoms. The van der Waals surface area contributed by atoms with Gasteiger partial charge in [-0.05, 0) is 29.3 Å². The average Bonchev–Trinajstić information content (AvgIpc) is 3.44. The van der Waals surface area contributed by atoms with E-state index in [9.17, 15) is 19.8 Å². The van der Waals surface area contributed by atoms with E-state index in [1.54, 1.807) is 42.5 Å². The maximum Gasteiger partial charge on any atom is 0.375 e. The number of carboxylic acids is 1. The maximum atomic E-state index is 13.3. The highest BCUT2D eigenvalue weighted by atomic mass is 32.1. The number of phenolic OH excluding ortho intramolecular Hbond substituents is 1. The summed E-state index contributed by atoms with van der Waals surface area (Å²) in [7, 11) is 0. The van der Waals surface area contributed by atoms with E-state index < -0.39 is 5.97 Å². The van der Waals surface area contributed by atoms with Gasteiger partial charge in [-0.25, -0.2) is 4.79 Å². The second kappa shape index (κ2) is 7.79. The molecule has 5 aromatic rings. The fourth-order valence-corrected chi connectivity index (χ4v) is 4.89. The zero-order valence-electron chi connectivity index (χ0n) is 16.5. The van der Waals surface area contributed by atoms with Crippen LogP contribution in [0.2, 0.25) is 0 Å². The van der Waals surface area contributed by atoms with Crippen molar-refractivity contribution in [1.29, 1.82) is 0 Å². The van der Waals surface area contributed by atoms with Crippen molar-refractivity contribution in [2.75, 3.05) is 0 Å². The molecule has 0 aliphatic heterocycles. The van der Waals surface area contributed by atoms with Gasteiger partial charge in [0.15, 0.2) is 0 Å². The number of thiophene rings is 1. The number of hydrogen-bond acceptors (Lipinski definition) is 6. The third kappa shape index (κ3) is 3.34. The van der Waals surface area contributed by atoms with Gasteiger partial charge in [0.25, 0.3) is 5.76 Å². The van der Waals surface area contributed by atoms with Gasteiger partial charge >= 0.3 is 5.97 Å². The first-order valence-electron chi connectivity index (χ1n) is 9.67. The number of carboxylic acid groups (broad SMARTS) is 1. The molecule has 2 aromatic heterocycles. The lowest BCUT2D eigenvalue weighted by Gasteiger charge is -2.07. The molecule has 0 saturated carbocycles. The Bertz CT molecular complexity index is 1470. The van der Waals surface area contributed by atoms with E-state index in [2.05, 4.69) is 5.16 Å². The molecule has 5 rings (SSSR count). The van der Waals surface area contributed by atoms with Crippen LogP contribution < -0.4 is 0 Å². The summed E-state index contributed by atoms with van der Waals surface area (Å²) in [5.41, 5.74) is 3.18. The lowest BCUT2D eigenvalue weighted by molar-refractivity contribution is 0.0653. The number of benzene rings is 3. The van der Waals surface area contributed by atoms with Crippen molar-refractivity contribution in [3.63, 3.8) is 0 Å². The van der Waals surface area contributed by atoms with E-state index in [1.165, 1.54) is 17.5 Å². The van der Waals surface area contributed by atoms with Crippen LogP contribution in [0.5, 0.6) is 5.75 Å². The minimum absolute atomic E-state index is 0.0995. The Kier molecular flexibility index (Phi) is 4.80. The number of nitrogens with zero attached hydrogens (tertiary/aromatic N) is 1. The van der Waals surface area contributed by atoms with Crippen LogP contribution in [0.25, 0.3) is 32.3 Å². The van der Waals surface area contributed by atoms with Crippen LogP contribution in [0.4, 0.5) is 0 Å². The molecule has 0 bridgehead atoms. The highest BCUT2D eigenvalue weighted by Gasteiger charge is 2.22. The Balaban J connectivity index is 1.65. The number of carbonyl (C=O) groups is 2. The van der Waals surface area contributed by atoms with E-state index in [1.807, 2.05) is 30.3 Å². The lowest BCUT2D eigenvalue weighted by atomic mass is 9.96. The molecule has 0 saturated heterocycles. The maximum absolute atomic E-state index is 13.3. The van der Waals surface area contributed by atoms with Crippen LogP contribution in [0.15, 0.2) is 83.5 Å². The van der Waals surface area contributed by atoms with Gasteiger partial charge in [-0.15, -0.1) is 11.3 Å². The van der Waals surface area contributed by atoms with Gasteiger partial charge in [0.2, 0.25) is 5.78 Å². The number of aromatic hydroxyl groups is 1. The molecule has 0 radical (unpaired) electrons. The van der Waals surface area contributed by atoms with Crippen molar-refractivity contribution in [2.24, 2.45) is 0 Å². The number of phenols is 1. The minimum atomic E-state index is -1.19.